The number of carbonyl (C=O) groups is 1. The summed E-state index contributed by atoms with van der Waals surface area (Å²) in [4.78, 5) is 23.0. The molecule has 0 aromatic heterocycles. The molecule has 0 spiro atoms. The average molecular weight is 563 g/mol. The summed E-state index contributed by atoms with van der Waals surface area (Å²) in [6.07, 6.45) is 2.62. The van der Waals surface area contributed by atoms with Crippen molar-refractivity contribution in [3.8, 4) is 0 Å². The molecule has 0 saturated carbocycles. The predicted molar refractivity (Wildman–Crippen MR) is 140 cm³/mol. The molecule has 1 aromatic rings. The number of nitrogens with zero attached hydrogens (tertiary/aromatic N) is 4. The van der Waals surface area contributed by atoms with E-state index in [4.69, 9.17) is 11.6 Å². The van der Waals surface area contributed by atoms with Crippen LogP contribution in [0.3, 0.4) is 0 Å². The fourth-order valence-electron chi connectivity index (χ4n) is 4.15. The number of amides is 1. The Morgan fingerprint density at radius 2 is 1.94 bits per heavy atom. The van der Waals surface area contributed by atoms with Crippen LogP contribution in [0.25, 0.3) is 0 Å². The molecule has 7 nitrogen and oxygen atoms in total. The molecule has 2 fully saturated rings. The number of para-hydroxylation sites is 1. The lowest BCUT2D eigenvalue weighted by molar-refractivity contribution is -0.129. The Bertz CT molecular complexity index is 726. The van der Waals surface area contributed by atoms with Crippen LogP contribution in [0, 0.1) is 0 Å². The van der Waals surface area contributed by atoms with Crippen molar-refractivity contribution in [2.75, 3.05) is 64.3 Å². The first-order valence-electron chi connectivity index (χ1n) is 11.1. The molecule has 9 heteroatoms. The molecular weight excluding hydrogens is 527 g/mol. The van der Waals surface area contributed by atoms with Crippen LogP contribution in [0.5, 0.6) is 0 Å². The molecular formula is C22H36ClIN6O. The van der Waals surface area contributed by atoms with E-state index in [1.165, 1.54) is 0 Å². The van der Waals surface area contributed by atoms with Gasteiger partial charge in [0.05, 0.1) is 10.7 Å². The molecule has 31 heavy (non-hydrogen) atoms. The lowest BCUT2D eigenvalue weighted by Crippen LogP contribution is -2.48. The first-order chi connectivity index (χ1) is 14.6. The predicted octanol–water partition coefficient (Wildman–Crippen LogP) is 2.65. The SMILES string of the molecule is CCC(=O)N1CCC(NC(=NC)NCCCN2CCN(c3ccccc3Cl)CC2)C1.I. The molecule has 0 aliphatic carbocycles. The van der Waals surface area contributed by atoms with Gasteiger partial charge in [-0.05, 0) is 31.5 Å². The van der Waals surface area contributed by atoms with E-state index in [-0.39, 0.29) is 35.9 Å². The van der Waals surface area contributed by atoms with Crippen molar-refractivity contribution in [1.82, 2.24) is 20.4 Å². The minimum Gasteiger partial charge on any atom is -0.368 e. The maximum absolute atomic E-state index is 11.8. The van der Waals surface area contributed by atoms with Crippen molar-refractivity contribution in [3.63, 3.8) is 0 Å². The summed E-state index contributed by atoms with van der Waals surface area (Å²) in [5.41, 5.74) is 1.14. The minimum absolute atomic E-state index is 0. The van der Waals surface area contributed by atoms with Gasteiger partial charge in [-0.25, -0.2) is 0 Å². The van der Waals surface area contributed by atoms with Gasteiger partial charge < -0.3 is 20.4 Å². The third-order valence-corrected chi connectivity index (χ3v) is 6.24. The van der Waals surface area contributed by atoms with E-state index in [2.05, 4.69) is 31.5 Å². The van der Waals surface area contributed by atoms with E-state index in [1.54, 1.807) is 7.05 Å². The Morgan fingerprint density at radius 1 is 1.19 bits per heavy atom. The number of likely N-dealkylation sites (tertiary alicyclic amines) is 1. The van der Waals surface area contributed by atoms with Crippen LogP contribution in [-0.2, 0) is 4.79 Å². The Hall–Kier alpha value is -1.26. The molecule has 2 heterocycles. The number of nitrogens with one attached hydrogen (secondary N) is 2. The Labute approximate surface area is 208 Å². The standard InChI is InChI=1S/C22H35ClN6O.HI/c1-3-21(30)29-12-9-18(17-29)26-22(24-2)25-10-6-11-27-13-15-28(16-14-27)20-8-5-4-7-19(20)23;/h4-5,7-8,18H,3,6,9-17H2,1-2H3,(H2,24,25,26);1H. The molecule has 1 unspecified atom stereocenters. The second kappa shape index (κ2) is 13.3. The summed E-state index contributed by atoms with van der Waals surface area (Å²) < 4.78 is 0. The second-order valence-corrected chi connectivity index (χ2v) is 8.36. The Morgan fingerprint density at radius 3 is 2.61 bits per heavy atom. The molecule has 1 aromatic carbocycles. The number of aliphatic imine (C=N–C) groups is 1. The lowest BCUT2D eigenvalue weighted by atomic mass is 10.2. The Kier molecular flexibility index (Phi) is 11.2. The number of piperazine rings is 1. The van der Waals surface area contributed by atoms with Crippen LogP contribution < -0.4 is 15.5 Å². The highest BCUT2D eigenvalue weighted by atomic mass is 127. The summed E-state index contributed by atoms with van der Waals surface area (Å²) in [6, 6.07) is 8.36. The maximum atomic E-state index is 11.8. The highest BCUT2D eigenvalue weighted by Gasteiger charge is 2.25. The van der Waals surface area contributed by atoms with Gasteiger partial charge in [0.2, 0.25) is 5.91 Å². The van der Waals surface area contributed by atoms with Gasteiger partial charge in [0.15, 0.2) is 5.96 Å². The van der Waals surface area contributed by atoms with Crippen molar-refractivity contribution in [3.05, 3.63) is 29.3 Å². The van der Waals surface area contributed by atoms with Gasteiger partial charge >= 0.3 is 0 Å². The number of halogens is 2. The molecule has 1 atom stereocenters. The monoisotopic (exact) mass is 562 g/mol. The molecule has 174 valence electrons. The highest BCUT2D eigenvalue weighted by Crippen LogP contribution is 2.25. The fraction of sp³-hybridized carbons (Fsp3) is 0.636. The van der Waals surface area contributed by atoms with Crippen LogP contribution in [0.15, 0.2) is 29.3 Å². The zero-order valence-electron chi connectivity index (χ0n) is 18.6. The van der Waals surface area contributed by atoms with Gasteiger partial charge in [0.1, 0.15) is 0 Å². The summed E-state index contributed by atoms with van der Waals surface area (Å²) in [7, 11) is 1.80. The summed E-state index contributed by atoms with van der Waals surface area (Å²) in [5.74, 6) is 1.06. The van der Waals surface area contributed by atoms with E-state index < -0.39 is 0 Å². The molecule has 3 rings (SSSR count). The summed E-state index contributed by atoms with van der Waals surface area (Å²) in [5, 5.41) is 7.70. The van der Waals surface area contributed by atoms with Crippen LogP contribution >= 0.6 is 35.6 Å². The average Bonchev–Trinajstić information content (AvgIpc) is 3.24. The van der Waals surface area contributed by atoms with Crippen molar-refractivity contribution in [1.29, 1.82) is 0 Å². The number of anilines is 1. The van der Waals surface area contributed by atoms with Crippen LogP contribution in [-0.4, -0.2) is 87.1 Å². The van der Waals surface area contributed by atoms with Gasteiger partial charge in [0, 0.05) is 65.3 Å². The normalized spacial score (nSPS) is 19.8. The zero-order chi connectivity index (χ0) is 21.3. The number of carbonyl (C=O) groups excluding carboxylic acids is 1. The van der Waals surface area contributed by atoms with Crippen molar-refractivity contribution >= 4 is 53.1 Å². The van der Waals surface area contributed by atoms with Gasteiger partial charge in [-0.2, -0.15) is 0 Å². The molecule has 2 N–H and O–H groups in total. The summed E-state index contributed by atoms with van der Waals surface area (Å²) in [6.45, 7) is 9.61. The molecule has 0 radical (unpaired) electrons. The minimum atomic E-state index is 0. The topological polar surface area (TPSA) is 63.2 Å². The molecule has 2 saturated heterocycles. The molecule has 1 amide bonds. The number of guanidine groups is 1. The molecule has 2 aliphatic rings. The van der Waals surface area contributed by atoms with Gasteiger partial charge in [-0.1, -0.05) is 30.7 Å². The van der Waals surface area contributed by atoms with Crippen molar-refractivity contribution in [2.24, 2.45) is 4.99 Å². The van der Waals surface area contributed by atoms with Crippen molar-refractivity contribution < 1.29 is 4.79 Å². The third kappa shape index (κ3) is 7.68. The lowest BCUT2D eigenvalue weighted by Gasteiger charge is -2.36. The fourth-order valence-corrected chi connectivity index (χ4v) is 4.40. The second-order valence-electron chi connectivity index (χ2n) is 7.96. The van der Waals surface area contributed by atoms with E-state index in [9.17, 15) is 4.79 Å². The van der Waals surface area contributed by atoms with E-state index in [0.29, 0.717) is 6.42 Å². The van der Waals surface area contributed by atoms with Crippen LogP contribution in [0.2, 0.25) is 5.02 Å². The smallest absolute Gasteiger partial charge is 0.222 e. The largest absolute Gasteiger partial charge is 0.368 e. The first kappa shape index (κ1) is 26.0. The van der Waals surface area contributed by atoms with E-state index in [1.807, 2.05) is 30.0 Å². The molecule has 2 aliphatic heterocycles. The number of hydrogen-bond acceptors (Lipinski definition) is 4. The Balaban J connectivity index is 0.00000341. The van der Waals surface area contributed by atoms with Gasteiger partial charge in [0.25, 0.3) is 0 Å². The van der Waals surface area contributed by atoms with Crippen LogP contribution in [0.4, 0.5) is 5.69 Å². The highest BCUT2D eigenvalue weighted by molar-refractivity contribution is 14.0. The summed E-state index contributed by atoms with van der Waals surface area (Å²) >= 11 is 6.33. The number of rotatable bonds is 7. The molecule has 0 bridgehead atoms. The quantitative estimate of drug-likeness (QED) is 0.232. The number of benzene rings is 1. The van der Waals surface area contributed by atoms with E-state index in [0.717, 1.165) is 81.9 Å². The number of hydrogen-bond donors (Lipinski definition) is 2. The van der Waals surface area contributed by atoms with E-state index >= 15 is 0 Å². The van der Waals surface area contributed by atoms with Gasteiger partial charge in [-0.15, -0.1) is 24.0 Å². The zero-order valence-corrected chi connectivity index (χ0v) is 21.7. The maximum Gasteiger partial charge on any atom is 0.222 e. The first-order valence-corrected chi connectivity index (χ1v) is 11.4. The third-order valence-electron chi connectivity index (χ3n) is 5.92. The van der Waals surface area contributed by atoms with Gasteiger partial charge in [-0.3, -0.25) is 14.7 Å². The van der Waals surface area contributed by atoms with Crippen LogP contribution in [0.1, 0.15) is 26.2 Å². The van der Waals surface area contributed by atoms with Crippen molar-refractivity contribution in [2.45, 2.75) is 32.2 Å².